The summed E-state index contributed by atoms with van der Waals surface area (Å²) < 4.78 is 1.79. The highest BCUT2D eigenvalue weighted by atomic mass is 35.5. The summed E-state index contributed by atoms with van der Waals surface area (Å²) in [7, 11) is 0. The number of hydrogen-bond acceptors (Lipinski definition) is 3. The number of carbonyl (C=O) groups is 1. The number of nitrogens with zero attached hydrogens (tertiary/aromatic N) is 2. The second-order valence-electron chi connectivity index (χ2n) is 6.98. The normalized spacial score (nSPS) is 14.3. The summed E-state index contributed by atoms with van der Waals surface area (Å²) >= 11 is 0. The van der Waals surface area contributed by atoms with E-state index in [2.05, 4.69) is 10.6 Å². The van der Waals surface area contributed by atoms with Crippen LogP contribution in [-0.4, -0.2) is 34.8 Å². The highest BCUT2D eigenvalue weighted by Gasteiger charge is 2.22. The van der Waals surface area contributed by atoms with Crippen molar-refractivity contribution in [3.63, 3.8) is 0 Å². The first kappa shape index (κ1) is 20.1. The van der Waals surface area contributed by atoms with E-state index in [9.17, 15) is 4.79 Å². The minimum Gasteiger partial charge on any atom is -0.349 e. The Bertz CT molecular complexity index is 933. The lowest BCUT2D eigenvalue weighted by Gasteiger charge is -2.23. The van der Waals surface area contributed by atoms with Crippen molar-refractivity contribution >= 4 is 18.3 Å². The predicted octanol–water partition coefficient (Wildman–Crippen LogP) is 3.75. The molecule has 5 nitrogen and oxygen atoms in total. The van der Waals surface area contributed by atoms with E-state index in [1.165, 1.54) is 0 Å². The molecule has 146 valence electrons. The van der Waals surface area contributed by atoms with Gasteiger partial charge in [0.25, 0.3) is 5.91 Å². The number of carbonyl (C=O) groups excluding carboxylic acids is 1. The van der Waals surface area contributed by atoms with E-state index in [4.69, 9.17) is 5.10 Å². The molecule has 0 atom stereocenters. The number of para-hydroxylation sites is 1. The number of hydrogen-bond donors (Lipinski definition) is 2. The summed E-state index contributed by atoms with van der Waals surface area (Å²) in [5.74, 6) is -0.0534. The molecule has 0 radical (unpaired) electrons. The van der Waals surface area contributed by atoms with Crippen LogP contribution < -0.4 is 10.6 Å². The highest BCUT2D eigenvalue weighted by molar-refractivity contribution is 6.00. The Kier molecular flexibility index (Phi) is 6.49. The molecule has 1 amide bonds. The molecule has 0 bridgehead atoms. The monoisotopic (exact) mass is 396 g/mol. The van der Waals surface area contributed by atoms with Crippen molar-refractivity contribution in [2.45, 2.75) is 25.8 Å². The molecule has 1 saturated heterocycles. The maximum Gasteiger partial charge on any atom is 0.255 e. The third-order valence-corrected chi connectivity index (χ3v) is 5.05. The summed E-state index contributed by atoms with van der Waals surface area (Å²) in [6.45, 7) is 3.93. The maximum atomic E-state index is 13.1. The zero-order valence-electron chi connectivity index (χ0n) is 15.9. The maximum absolute atomic E-state index is 13.1. The molecule has 1 fully saturated rings. The minimum absolute atomic E-state index is 0. The first-order valence-corrected chi connectivity index (χ1v) is 9.45. The van der Waals surface area contributed by atoms with Crippen molar-refractivity contribution in [3.8, 4) is 16.9 Å². The lowest BCUT2D eigenvalue weighted by molar-refractivity contribution is 0.0930. The van der Waals surface area contributed by atoms with Gasteiger partial charge < -0.3 is 10.6 Å². The van der Waals surface area contributed by atoms with Crippen LogP contribution in [0.25, 0.3) is 16.9 Å². The molecule has 0 saturated carbocycles. The van der Waals surface area contributed by atoms with Gasteiger partial charge in [0.15, 0.2) is 0 Å². The van der Waals surface area contributed by atoms with Crippen LogP contribution in [0.5, 0.6) is 0 Å². The number of amides is 1. The van der Waals surface area contributed by atoms with Crippen LogP contribution in [0.2, 0.25) is 0 Å². The van der Waals surface area contributed by atoms with Crippen molar-refractivity contribution in [1.82, 2.24) is 20.4 Å². The quantitative estimate of drug-likeness (QED) is 0.706. The molecular formula is C22H25ClN4O. The molecule has 3 aromatic rings. The van der Waals surface area contributed by atoms with Crippen LogP contribution in [0, 0.1) is 6.92 Å². The van der Waals surface area contributed by atoms with Gasteiger partial charge in [-0.15, -0.1) is 12.4 Å². The average Bonchev–Trinajstić information content (AvgIpc) is 3.15. The summed E-state index contributed by atoms with van der Waals surface area (Å²) in [5, 5.41) is 11.3. The second-order valence-corrected chi connectivity index (χ2v) is 6.98. The van der Waals surface area contributed by atoms with Crippen LogP contribution >= 0.6 is 12.4 Å². The molecule has 1 aliphatic heterocycles. The van der Waals surface area contributed by atoms with E-state index in [0.717, 1.165) is 48.4 Å². The fourth-order valence-electron chi connectivity index (χ4n) is 3.52. The van der Waals surface area contributed by atoms with Crippen LogP contribution in [0.4, 0.5) is 0 Å². The smallest absolute Gasteiger partial charge is 0.255 e. The zero-order valence-corrected chi connectivity index (χ0v) is 16.7. The Morgan fingerprint density at radius 2 is 1.75 bits per heavy atom. The van der Waals surface area contributed by atoms with Gasteiger partial charge in [-0.1, -0.05) is 42.5 Å². The number of piperidine rings is 1. The van der Waals surface area contributed by atoms with Gasteiger partial charge in [0.2, 0.25) is 0 Å². The molecule has 6 heteroatoms. The molecule has 1 aliphatic rings. The van der Waals surface area contributed by atoms with Crippen molar-refractivity contribution < 1.29 is 4.79 Å². The van der Waals surface area contributed by atoms with E-state index in [0.29, 0.717) is 5.56 Å². The summed E-state index contributed by atoms with van der Waals surface area (Å²) in [5.41, 5.74) is 4.37. The van der Waals surface area contributed by atoms with Crippen LogP contribution in [-0.2, 0) is 0 Å². The molecule has 2 aromatic carbocycles. The largest absolute Gasteiger partial charge is 0.349 e. The summed E-state index contributed by atoms with van der Waals surface area (Å²) in [4.78, 5) is 13.1. The lowest BCUT2D eigenvalue weighted by atomic mass is 10.0. The third-order valence-electron chi connectivity index (χ3n) is 5.05. The molecule has 28 heavy (non-hydrogen) atoms. The number of benzene rings is 2. The van der Waals surface area contributed by atoms with Gasteiger partial charge in [-0.25, -0.2) is 4.68 Å². The number of nitrogens with one attached hydrogen (secondary N) is 2. The van der Waals surface area contributed by atoms with Gasteiger partial charge in [-0.2, -0.15) is 5.10 Å². The molecular weight excluding hydrogens is 372 g/mol. The van der Waals surface area contributed by atoms with Crippen molar-refractivity contribution in [1.29, 1.82) is 0 Å². The first-order chi connectivity index (χ1) is 13.2. The van der Waals surface area contributed by atoms with Crippen LogP contribution in [0.3, 0.4) is 0 Å². The van der Waals surface area contributed by atoms with Crippen LogP contribution in [0.15, 0.2) is 60.8 Å². The van der Waals surface area contributed by atoms with Crippen molar-refractivity contribution in [2.75, 3.05) is 13.1 Å². The number of rotatable bonds is 4. The average molecular weight is 397 g/mol. The minimum atomic E-state index is -0.0534. The van der Waals surface area contributed by atoms with E-state index in [1.54, 1.807) is 4.68 Å². The zero-order chi connectivity index (χ0) is 18.6. The fraction of sp³-hybridized carbons (Fsp3) is 0.273. The molecule has 4 rings (SSSR count). The second kappa shape index (κ2) is 9.04. The van der Waals surface area contributed by atoms with Gasteiger partial charge in [0.1, 0.15) is 5.69 Å². The highest BCUT2D eigenvalue weighted by Crippen LogP contribution is 2.27. The third kappa shape index (κ3) is 4.26. The Morgan fingerprint density at radius 3 is 2.46 bits per heavy atom. The number of aryl methyl sites for hydroxylation is 1. The summed E-state index contributed by atoms with van der Waals surface area (Å²) in [6, 6.07) is 18.2. The Balaban J connectivity index is 0.00000225. The van der Waals surface area contributed by atoms with E-state index >= 15 is 0 Å². The number of halogens is 1. The van der Waals surface area contributed by atoms with Gasteiger partial charge in [-0.05, 0) is 50.6 Å². The predicted molar refractivity (Wildman–Crippen MR) is 114 cm³/mol. The Hall–Kier alpha value is -2.63. The van der Waals surface area contributed by atoms with Gasteiger partial charge in [0.05, 0.1) is 11.3 Å². The Labute approximate surface area is 171 Å². The van der Waals surface area contributed by atoms with Gasteiger partial charge in [-0.3, -0.25) is 4.79 Å². The molecule has 0 spiro atoms. The molecule has 2 heterocycles. The van der Waals surface area contributed by atoms with Gasteiger partial charge >= 0.3 is 0 Å². The molecule has 1 aromatic heterocycles. The Morgan fingerprint density at radius 1 is 1.07 bits per heavy atom. The topological polar surface area (TPSA) is 59.0 Å². The first-order valence-electron chi connectivity index (χ1n) is 9.45. The van der Waals surface area contributed by atoms with Crippen LogP contribution in [0.1, 0.15) is 28.8 Å². The number of aromatic nitrogens is 2. The molecule has 2 N–H and O–H groups in total. The van der Waals surface area contributed by atoms with E-state index < -0.39 is 0 Å². The van der Waals surface area contributed by atoms with Gasteiger partial charge in [0, 0.05) is 17.8 Å². The van der Waals surface area contributed by atoms with Crippen molar-refractivity contribution in [2.24, 2.45) is 0 Å². The van der Waals surface area contributed by atoms with E-state index in [-0.39, 0.29) is 24.4 Å². The standard InChI is InChI=1S/C22H24N4O.ClH/c1-16-7-5-6-10-19(16)21-20(22(27)24-17-11-13-23-14-12-17)15-26(25-21)18-8-3-2-4-9-18;/h2-10,15,17,23H,11-14H2,1H3,(H,24,27);1H. The van der Waals surface area contributed by atoms with E-state index in [1.807, 2.05) is 67.7 Å². The lowest BCUT2D eigenvalue weighted by Crippen LogP contribution is -2.42. The fourth-order valence-corrected chi connectivity index (χ4v) is 3.52. The molecule has 0 aliphatic carbocycles. The summed E-state index contributed by atoms with van der Waals surface area (Å²) in [6.07, 6.45) is 3.75. The SMILES string of the molecule is Cc1ccccc1-c1nn(-c2ccccc2)cc1C(=O)NC1CCNCC1.Cl. The molecule has 0 unspecified atom stereocenters. The van der Waals surface area contributed by atoms with Crippen molar-refractivity contribution in [3.05, 3.63) is 71.9 Å².